The van der Waals surface area contributed by atoms with E-state index in [4.69, 9.17) is 17.1 Å². The van der Waals surface area contributed by atoms with Crippen LogP contribution in [0.1, 0.15) is 0 Å². The Kier molecular flexibility index (Phi) is 5.75. The van der Waals surface area contributed by atoms with Gasteiger partial charge in [0.2, 0.25) is 0 Å². The Morgan fingerprint density at radius 2 is 1.70 bits per heavy atom. The molecule has 0 rings (SSSR count). The van der Waals surface area contributed by atoms with Crippen LogP contribution in [0.3, 0.4) is 0 Å². The molecule has 0 N–H and O–H groups in total. The van der Waals surface area contributed by atoms with E-state index >= 15 is 0 Å². The molecule has 10 heavy (non-hydrogen) atoms. The summed E-state index contributed by atoms with van der Waals surface area (Å²) < 4.78 is 19.8. The van der Waals surface area contributed by atoms with Gasteiger partial charge in [-0.1, -0.05) is 0 Å². The Morgan fingerprint density at radius 1 is 1.20 bits per heavy atom. The molecule has 4 nitrogen and oxygen atoms in total. The van der Waals surface area contributed by atoms with E-state index in [1.165, 1.54) is 14.2 Å². The van der Waals surface area contributed by atoms with Crippen molar-refractivity contribution in [2.75, 3.05) is 27.9 Å². The van der Waals surface area contributed by atoms with E-state index in [0.29, 0.717) is 24.8 Å². The fourth-order valence-corrected chi connectivity index (χ4v) is 1.30. The summed E-state index contributed by atoms with van der Waals surface area (Å²) in [5.41, 5.74) is 0. The molecule has 59 valence electrons. The number of rotatable bonds is 5. The van der Waals surface area contributed by atoms with Gasteiger partial charge in [0.1, 0.15) is 0 Å². The van der Waals surface area contributed by atoms with Crippen molar-refractivity contribution in [2.45, 2.75) is 5.97 Å². The Balaban J connectivity index is 3.87. The molecule has 0 aliphatic heterocycles. The molecule has 0 aromatic heterocycles. The zero-order valence-corrected chi connectivity index (χ0v) is 9.93. The van der Waals surface area contributed by atoms with Gasteiger partial charge in [0.15, 0.2) is 0 Å². The first-order valence-corrected chi connectivity index (χ1v) is 4.15. The van der Waals surface area contributed by atoms with Crippen LogP contribution < -0.4 is 0 Å². The molecule has 0 bridgehead atoms. The van der Waals surface area contributed by atoms with Crippen LogP contribution in [0.25, 0.3) is 0 Å². The minimum atomic E-state index is -0.985. The first-order chi connectivity index (χ1) is 4.74. The topological polar surface area (TPSA) is 36.9 Å². The summed E-state index contributed by atoms with van der Waals surface area (Å²) >= 11 is 0.550. The molecule has 5 heteroatoms. The van der Waals surface area contributed by atoms with Crippen LogP contribution in [0.15, 0.2) is 0 Å². The van der Waals surface area contributed by atoms with E-state index in [2.05, 4.69) is 0 Å². The summed E-state index contributed by atoms with van der Waals surface area (Å²) in [6.07, 6.45) is 0. The van der Waals surface area contributed by atoms with Crippen LogP contribution >= 0.6 is 0 Å². The first-order valence-electron chi connectivity index (χ1n) is 2.68. The fourth-order valence-electron chi connectivity index (χ4n) is 0.491. The SMILES string of the molecule is COCC(OC)(OC)[O][Hf]. The van der Waals surface area contributed by atoms with E-state index in [-0.39, 0.29) is 6.61 Å². The summed E-state index contributed by atoms with van der Waals surface area (Å²) in [5.74, 6) is -0.985. The molecule has 0 atom stereocenters. The Labute approximate surface area is 76.0 Å². The van der Waals surface area contributed by atoms with Crippen LogP contribution in [0.2, 0.25) is 0 Å². The second-order valence-corrected chi connectivity index (χ2v) is 2.36. The molecule has 0 saturated heterocycles. The molecular formula is C5H11HfO4. The second kappa shape index (κ2) is 5.37. The summed E-state index contributed by atoms with van der Waals surface area (Å²) in [6, 6.07) is 0. The van der Waals surface area contributed by atoms with Gasteiger partial charge in [-0.3, -0.25) is 0 Å². The predicted octanol–water partition coefficient (Wildman–Crippen LogP) is 0.0578. The number of hydrogen-bond acceptors (Lipinski definition) is 4. The average Bonchev–Trinajstić information content (AvgIpc) is 2.01. The molecule has 0 saturated carbocycles. The van der Waals surface area contributed by atoms with Crippen molar-refractivity contribution in [1.29, 1.82) is 0 Å². The van der Waals surface area contributed by atoms with Gasteiger partial charge in [-0.2, -0.15) is 0 Å². The monoisotopic (exact) mass is 315 g/mol. The van der Waals surface area contributed by atoms with Gasteiger partial charge < -0.3 is 0 Å². The Morgan fingerprint density at radius 3 is 1.80 bits per heavy atom. The van der Waals surface area contributed by atoms with Crippen LogP contribution in [-0.4, -0.2) is 33.9 Å². The molecule has 0 aliphatic rings. The quantitative estimate of drug-likeness (QED) is 0.531. The standard InChI is InChI=1S/C5H11O4.Hf/c1-7-4-5(6,8-2)9-3;/h4H2,1-3H3;/q-1;+1. The zero-order valence-electron chi connectivity index (χ0n) is 6.34. The molecule has 0 aliphatic carbocycles. The van der Waals surface area contributed by atoms with Gasteiger partial charge >= 0.3 is 75.8 Å². The van der Waals surface area contributed by atoms with Crippen molar-refractivity contribution in [3.05, 3.63) is 0 Å². The molecule has 0 spiro atoms. The second-order valence-electron chi connectivity index (χ2n) is 1.63. The summed E-state index contributed by atoms with van der Waals surface area (Å²) in [5, 5.41) is 0. The minimum absolute atomic E-state index is 0.281. The fraction of sp³-hybridized carbons (Fsp3) is 1.00. The predicted molar refractivity (Wildman–Crippen MR) is 29.7 cm³/mol. The van der Waals surface area contributed by atoms with Crippen molar-refractivity contribution in [1.82, 2.24) is 0 Å². The van der Waals surface area contributed by atoms with E-state index < -0.39 is 5.97 Å². The van der Waals surface area contributed by atoms with E-state index in [1.54, 1.807) is 7.11 Å². The van der Waals surface area contributed by atoms with Crippen LogP contribution in [0.4, 0.5) is 0 Å². The van der Waals surface area contributed by atoms with Gasteiger partial charge in [-0.25, -0.2) is 0 Å². The molecule has 0 fully saturated rings. The Bertz CT molecular complexity index is 75.5. The van der Waals surface area contributed by atoms with Crippen molar-refractivity contribution >= 4 is 0 Å². The molecule has 0 amide bonds. The molecular weight excluding hydrogens is 303 g/mol. The van der Waals surface area contributed by atoms with E-state index in [9.17, 15) is 0 Å². The molecule has 0 aromatic rings. The maximum atomic E-state index is 5.05. The summed E-state index contributed by atoms with van der Waals surface area (Å²) in [4.78, 5) is 0. The normalized spacial score (nSPS) is 11.8. The number of methoxy groups -OCH3 is 3. The molecule has 0 aromatic carbocycles. The first kappa shape index (κ1) is 10.7. The third-order valence-electron chi connectivity index (χ3n) is 1.10. The van der Waals surface area contributed by atoms with Gasteiger partial charge in [0.05, 0.1) is 0 Å². The third-order valence-corrected chi connectivity index (χ3v) is 2.22. The van der Waals surface area contributed by atoms with Crippen molar-refractivity contribution in [3.63, 3.8) is 0 Å². The molecule has 0 unspecified atom stereocenters. The number of ether oxygens (including phenoxy) is 3. The molecule has 0 heterocycles. The Hall–Kier alpha value is 0.710. The maximum absolute atomic E-state index is 5.05. The van der Waals surface area contributed by atoms with E-state index in [1.807, 2.05) is 0 Å². The average molecular weight is 314 g/mol. The van der Waals surface area contributed by atoms with Gasteiger partial charge in [-0.05, 0) is 0 Å². The molecule has 0 radical (unpaired) electrons. The van der Waals surface area contributed by atoms with E-state index in [0.717, 1.165) is 0 Å². The van der Waals surface area contributed by atoms with Crippen molar-refractivity contribution in [3.8, 4) is 0 Å². The van der Waals surface area contributed by atoms with Crippen LogP contribution in [0.5, 0.6) is 0 Å². The summed E-state index contributed by atoms with van der Waals surface area (Å²) in [7, 11) is 4.59. The third kappa shape index (κ3) is 2.75. The van der Waals surface area contributed by atoms with Gasteiger partial charge in [0.25, 0.3) is 0 Å². The summed E-state index contributed by atoms with van der Waals surface area (Å²) in [6.45, 7) is 0.281. The number of hydrogen-bond donors (Lipinski definition) is 0. The van der Waals surface area contributed by atoms with Gasteiger partial charge in [-0.15, -0.1) is 0 Å². The zero-order chi connectivity index (χ0) is 8.04. The van der Waals surface area contributed by atoms with Gasteiger partial charge in [0, 0.05) is 0 Å². The van der Waals surface area contributed by atoms with Crippen molar-refractivity contribution < 1.29 is 41.9 Å². The van der Waals surface area contributed by atoms with Crippen molar-refractivity contribution in [2.24, 2.45) is 0 Å². The van der Waals surface area contributed by atoms with Crippen LogP contribution in [0, 0.1) is 0 Å². The van der Waals surface area contributed by atoms with Crippen LogP contribution in [-0.2, 0) is 41.9 Å².